The first-order valence-electron chi connectivity index (χ1n) is 10.4. The van der Waals surface area contributed by atoms with Gasteiger partial charge in [0.05, 0.1) is 17.7 Å². The number of rotatable bonds is 6. The highest BCUT2D eigenvalue weighted by molar-refractivity contribution is 7.85. The molecule has 1 unspecified atom stereocenters. The number of hydrogen-bond acceptors (Lipinski definition) is 4. The van der Waals surface area contributed by atoms with Crippen molar-refractivity contribution >= 4 is 27.6 Å². The van der Waals surface area contributed by atoms with Crippen molar-refractivity contribution in [1.29, 1.82) is 5.26 Å². The lowest BCUT2D eigenvalue weighted by Crippen LogP contribution is -2.40. The molecule has 32 heavy (non-hydrogen) atoms. The normalized spacial score (nSPS) is 15.9. The van der Waals surface area contributed by atoms with Crippen molar-refractivity contribution < 1.29 is 8.60 Å². The number of fused-ring (bicyclic) bond motifs is 1. The van der Waals surface area contributed by atoms with E-state index in [-0.39, 0.29) is 29.5 Å². The molecule has 1 saturated heterocycles. The molecule has 1 N–H and O–H groups in total. The maximum atomic E-state index is 13.3. The van der Waals surface area contributed by atoms with Crippen molar-refractivity contribution in [3.05, 3.63) is 87.8 Å². The Kier molecular flexibility index (Phi) is 6.49. The number of hydrogen-bond donors (Lipinski definition) is 1. The molecule has 0 saturated carbocycles. The maximum absolute atomic E-state index is 13.3. The largest absolute Gasteiger partial charge is 0.380 e. The summed E-state index contributed by atoms with van der Waals surface area (Å²) < 4.78 is 28.7. The molecule has 4 rings (SSSR count). The minimum absolute atomic E-state index is 0.0518. The topological polar surface area (TPSA) is 78.1 Å². The molecule has 1 atom stereocenters. The molecule has 0 amide bonds. The molecular formula is C24H23FN4O2S. The molecule has 2 heterocycles. The third-order valence-corrected chi connectivity index (χ3v) is 6.90. The fourth-order valence-corrected chi connectivity index (χ4v) is 4.86. The van der Waals surface area contributed by atoms with Crippen LogP contribution in [0.25, 0.3) is 10.9 Å². The molecule has 0 bridgehead atoms. The molecule has 1 fully saturated rings. The summed E-state index contributed by atoms with van der Waals surface area (Å²) in [5.74, 6) is -0.341. The number of piperidine rings is 1. The van der Waals surface area contributed by atoms with Crippen LogP contribution in [0.4, 0.5) is 10.1 Å². The number of para-hydroxylation sites is 1. The van der Waals surface area contributed by atoms with Crippen LogP contribution in [0, 0.1) is 17.1 Å². The Morgan fingerprint density at radius 3 is 2.53 bits per heavy atom. The highest BCUT2D eigenvalue weighted by Gasteiger charge is 2.24. The summed E-state index contributed by atoms with van der Waals surface area (Å²) in [6, 6.07) is 15.6. The second-order valence-corrected chi connectivity index (χ2v) is 9.09. The number of halogens is 1. The van der Waals surface area contributed by atoms with E-state index in [1.165, 1.54) is 17.5 Å². The van der Waals surface area contributed by atoms with Gasteiger partial charge in [0.2, 0.25) is 0 Å². The van der Waals surface area contributed by atoms with Gasteiger partial charge in [-0.1, -0.05) is 36.9 Å². The first-order valence-corrected chi connectivity index (χ1v) is 11.5. The van der Waals surface area contributed by atoms with E-state index in [1.807, 2.05) is 28.6 Å². The summed E-state index contributed by atoms with van der Waals surface area (Å²) in [5.41, 5.74) is 1.68. The Morgan fingerprint density at radius 2 is 1.88 bits per heavy atom. The van der Waals surface area contributed by atoms with Crippen LogP contribution in [-0.4, -0.2) is 32.2 Å². The molecule has 164 valence electrons. The number of pyridine rings is 1. The number of nitriles is 1. The fourth-order valence-electron chi connectivity index (χ4n) is 4.08. The van der Waals surface area contributed by atoms with Crippen LogP contribution in [0.15, 0.2) is 65.3 Å². The zero-order valence-corrected chi connectivity index (χ0v) is 18.3. The van der Waals surface area contributed by atoms with Gasteiger partial charge in [-0.15, -0.1) is 0 Å². The molecule has 3 aromatic rings. The monoisotopic (exact) mass is 450 g/mol. The second kappa shape index (κ2) is 9.47. The Bertz CT molecular complexity index is 1270. The molecule has 6 nitrogen and oxygen atoms in total. The smallest absolute Gasteiger partial charge is 0.271 e. The summed E-state index contributed by atoms with van der Waals surface area (Å²) in [4.78, 5) is 13.3. The van der Waals surface area contributed by atoms with Gasteiger partial charge >= 0.3 is 0 Å². The summed E-state index contributed by atoms with van der Waals surface area (Å²) in [6.45, 7) is 5.09. The van der Waals surface area contributed by atoms with Gasteiger partial charge < -0.3 is 9.88 Å². The van der Waals surface area contributed by atoms with Crippen LogP contribution < -0.4 is 10.9 Å². The highest BCUT2D eigenvalue weighted by Crippen LogP contribution is 2.28. The third-order valence-electron chi connectivity index (χ3n) is 5.74. The molecule has 0 spiro atoms. The standard InChI is InChI=1S/C24H23FN4O2S/c1-2-32(31)28-13-11-19(12-14-28)27-23-20-5-3-4-6-22(20)29(24(30)21(23)15-26)16-17-7-9-18(25)10-8-17/h2-10,19,27H,1,11-14,16H2. The van der Waals surface area contributed by atoms with E-state index in [2.05, 4.69) is 18.0 Å². The van der Waals surface area contributed by atoms with Crippen molar-refractivity contribution in [2.75, 3.05) is 18.4 Å². The van der Waals surface area contributed by atoms with Crippen LogP contribution in [0.5, 0.6) is 0 Å². The van der Waals surface area contributed by atoms with Crippen LogP contribution in [0.3, 0.4) is 0 Å². The number of nitrogens with one attached hydrogen (secondary N) is 1. The van der Waals surface area contributed by atoms with Gasteiger partial charge in [0, 0.05) is 29.9 Å². The predicted molar refractivity (Wildman–Crippen MR) is 125 cm³/mol. The van der Waals surface area contributed by atoms with Gasteiger partial charge in [-0.05, 0) is 36.6 Å². The zero-order valence-electron chi connectivity index (χ0n) is 17.5. The van der Waals surface area contributed by atoms with Crippen molar-refractivity contribution in [1.82, 2.24) is 8.87 Å². The summed E-state index contributed by atoms with van der Waals surface area (Å²) >= 11 is 0. The van der Waals surface area contributed by atoms with E-state index in [0.29, 0.717) is 24.3 Å². The van der Waals surface area contributed by atoms with E-state index in [1.54, 1.807) is 16.7 Å². The molecule has 2 aromatic carbocycles. The first-order chi connectivity index (χ1) is 15.5. The Balaban J connectivity index is 1.71. The van der Waals surface area contributed by atoms with Gasteiger partial charge in [-0.25, -0.2) is 12.9 Å². The second-order valence-electron chi connectivity index (χ2n) is 7.69. The molecule has 1 aliphatic heterocycles. The fraction of sp³-hybridized carbons (Fsp3) is 0.250. The van der Waals surface area contributed by atoms with Crippen molar-refractivity contribution in [2.45, 2.75) is 25.4 Å². The SMILES string of the molecule is C=CS(=O)N1CCC(Nc2c(C#N)c(=O)n(Cc3ccc(F)cc3)c3ccccc23)CC1. The minimum Gasteiger partial charge on any atom is -0.380 e. The van der Waals surface area contributed by atoms with Crippen LogP contribution in [0.1, 0.15) is 24.0 Å². The van der Waals surface area contributed by atoms with E-state index >= 15 is 0 Å². The third kappa shape index (κ3) is 4.35. The van der Waals surface area contributed by atoms with Gasteiger partial charge in [0.15, 0.2) is 0 Å². The van der Waals surface area contributed by atoms with Crippen molar-refractivity contribution in [3.8, 4) is 6.07 Å². The van der Waals surface area contributed by atoms with E-state index in [9.17, 15) is 18.7 Å². The van der Waals surface area contributed by atoms with Gasteiger partial charge in [0.1, 0.15) is 28.4 Å². The van der Waals surface area contributed by atoms with E-state index in [4.69, 9.17) is 0 Å². The van der Waals surface area contributed by atoms with Crippen LogP contribution in [-0.2, 0) is 17.5 Å². The number of aromatic nitrogens is 1. The molecular weight excluding hydrogens is 427 g/mol. The molecule has 1 aromatic heterocycles. The van der Waals surface area contributed by atoms with Gasteiger partial charge in [0.25, 0.3) is 5.56 Å². The van der Waals surface area contributed by atoms with Crippen molar-refractivity contribution in [2.24, 2.45) is 0 Å². The molecule has 0 radical (unpaired) electrons. The van der Waals surface area contributed by atoms with Crippen LogP contribution in [0.2, 0.25) is 0 Å². The summed E-state index contributed by atoms with van der Waals surface area (Å²) in [5, 5.41) is 15.5. The van der Waals surface area contributed by atoms with Crippen LogP contribution >= 0.6 is 0 Å². The molecule has 8 heteroatoms. The lowest BCUT2D eigenvalue weighted by atomic mass is 10.0. The first kappa shape index (κ1) is 21.9. The lowest BCUT2D eigenvalue weighted by Gasteiger charge is -2.31. The Labute approximate surface area is 188 Å². The molecule has 1 aliphatic rings. The Morgan fingerprint density at radius 1 is 1.19 bits per heavy atom. The molecule has 0 aliphatic carbocycles. The number of anilines is 1. The summed E-state index contributed by atoms with van der Waals surface area (Å²) in [7, 11) is -1.19. The lowest BCUT2D eigenvalue weighted by molar-refractivity contribution is 0.348. The average molecular weight is 451 g/mol. The minimum atomic E-state index is -1.19. The number of benzene rings is 2. The van der Waals surface area contributed by atoms with Gasteiger partial charge in [-0.3, -0.25) is 4.79 Å². The quantitative estimate of drug-likeness (QED) is 0.621. The predicted octanol–water partition coefficient (Wildman–Crippen LogP) is 3.74. The summed E-state index contributed by atoms with van der Waals surface area (Å²) in [6.07, 6.45) is 1.47. The maximum Gasteiger partial charge on any atom is 0.271 e. The zero-order chi connectivity index (χ0) is 22.7. The average Bonchev–Trinajstić information content (AvgIpc) is 2.83. The van der Waals surface area contributed by atoms with Gasteiger partial charge in [-0.2, -0.15) is 5.26 Å². The Hall–Kier alpha value is -3.28. The van der Waals surface area contributed by atoms with Crippen molar-refractivity contribution in [3.63, 3.8) is 0 Å². The van der Waals surface area contributed by atoms with E-state index in [0.717, 1.165) is 23.8 Å². The number of nitrogens with zero attached hydrogens (tertiary/aromatic N) is 3. The highest BCUT2D eigenvalue weighted by atomic mass is 32.2. The van der Waals surface area contributed by atoms with E-state index < -0.39 is 11.0 Å².